The van der Waals surface area contributed by atoms with Crippen LogP contribution in [0.3, 0.4) is 0 Å². The molecule has 3 heterocycles. The predicted molar refractivity (Wildman–Crippen MR) is 85.7 cm³/mol. The van der Waals surface area contributed by atoms with Crippen LogP contribution in [-0.4, -0.2) is 70.4 Å². The summed E-state index contributed by atoms with van der Waals surface area (Å²) in [5, 5.41) is 7.12. The highest BCUT2D eigenvalue weighted by Gasteiger charge is 2.31. The molecule has 0 aliphatic carbocycles. The second kappa shape index (κ2) is 6.43. The molecule has 2 aliphatic rings. The van der Waals surface area contributed by atoms with Crippen molar-refractivity contribution < 1.29 is 19.1 Å². The van der Waals surface area contributed by atoms with Crippen LogP contribution >= 0.6 is 0 Å². The average molecular weight is 336 g/mol. The van der Waals surface area contributed by atoms with Crippen LogP contribution in [-0.2, 0) is 22.4 Å². The number of aromatic nitrogens is 2. The molecule has 1 fully saturated rings. The highest BCUT2D eigenvalue weighted by molar-refractivity contribution is 5.94. The number of carbonyl (C=O) groups is 2. The number of H-pyrrole nitrogens is 1. The largest absolute Gasteiger partial charge is 0.444 e. The van der Waals surface area contributed by atoms with Crippen molar-refractivity contribution in [2.45, 2.75) is 39.3 Å². The Kier molecular flexibility index (Phi) is 4.49. The third-order valence-corrected chi connectivity index (χ3v) is 4.09. The van der Waals surface area contributed by atoms with E-state index in [0.717, 1.165) is 11.3 Å². The zero-order chi connectivity index (χ0) is 17.3. The summed E-state index contributed by atoms with van der Waals surface area (Å²) in [6, 6.07) is 0. The molecule has 3 rings (SSSR count). The highest BCUT2D eigenvalue weighted by atomic mass is 16.6. The summed E-state index contributed by atoms with van der Waals surface area (Å²) in [7, 11) is 0. The number of hydrogen-bond acceptors (Lipinski definition) is 5. The van der Waals surface area contributed by atoms with Gasteiger partial charge in [-0.3, -0.25) is 9.89 Å². The van der Waals surface area contributed by atoms with E-state index in [1.54, 1.807) is 9.80 Å². The lowest BCUT2D eigenvalue weighted by molar-refractivity contribution is 0.0221. The van der Waals surface area contributed by atoms with E-state index in [4.69, 9.17) is 9.47 Å². The Morgan fingerprint density at radius 1 is 1.17 bits per heavy atom. The lowest BCUT2D eigenvalue weighted by Crippen LogP contribution is -2.42. The number of nitrogens with one attached hydrogen (secondary N) is 1. The van der Waals surface area contributed by atoms with E-state index in [-0.39, 0.29) is 12.0 Å². The van der Waals surface area contributed by atoms with Crippen molar-refractivity contribution in [3.63, 3.8) is 0 Å². The average Bonchev–Trinajstić information content (AvgIpc) is 2.96. The number of fused-ring (bicyclic) bond motifs is 1. The monoisotopic (exact) mass is 336 g/mol. The van der Waals surface area contributed by atoms with E-state index in [1.165, 1.54) is 0 Å². The van der Waals surface area contributed by atoms with E-state index < -0.39 is 5.60 Å². The minimum Gasteiger partial charge on any atom is -0.444 e. The minimum atomic E-state index is -0.525. The lowest BCUT2D eigenvalue weighted by atomic mass is 10.0. The maximum Gasteiger partial charge on any atom is 0.410 e. The van der Waals surface area contributed by atoms with Crippen LogP contribution in [0.5, 0.6) is 0 Å². The summed E-state index contributed by atoms with van der Waals surface area (Å²) in [4.78, 5) is 28.2. The van der Waals surface area contributed by atoms with Gasteiger partial charge in [-0.2, -0.15) is 5.10 Å². The third kappa shape index (κ3) is 3.53. The van der Waals surface area contributed by atoms with Crippen molar-refractivity contribution in [2.24, 2.45) is 0 Å². The molecule has 0 saturated carbocycles. The number of carbonyl (C=O) groups excluding carboxylic acids is 2. The van der Waals surface area contributed by atoms with Gasteiger partial charge in [0.25, 0.3) is 5.91 Å². The van der Waals surface area contributed by atoms with Gasteiger partial charge in [0.2, 0.25) is 0 Å². The SMILES string of the molecule is CC(C)(C)OC(=O)N1CCc2c(C(=O)N3CCOCC3)n[nH]c2C1. The number of amides is 2. The first-order valence-corrected chi connectivity index (χ1v) is 8.26. The number of rotatable bonds is 1. The van der Waals surface area contributed by atoms with Gasteiger partial charge in [-0.1, -0.05) is 0 Å². The highest BCUT2D eigenvalue weighted by Crippen LogP contribution is 2.23. The van der Waals surface area contributed by atoms with Crippen LogP contribution in [0, 0.1) is 0 Å². The Morgan fingerprint density at radius 2 is 1.88 bits per heavy atom. The predicted octanol–water partition coefficient (Wildman–Crippen LogP) is 1.18. The number of ether oxygens (including phenoxy) is 2. The molecule has 1 N–H and O–H groups in total. The van der Waals surface area contributed by atoms with Gasteiger partial charge in [-0.25, -0.2) is 4.79 Å². The van der Waals surface area contributed by atoms with E-state index in [1.807, 2.05) is 20.8 Å². The molecule has 1 aromatic heterocycles. The van der Waals surface area contributed by atoms with Crippen molar-refractivity contribution in [3.05, 3.63) is 17.0 Å². The standard InChI is InChI=1S/C16H24N4O4/c1-16(2,3)24-15(22)20-5-4-11-12(10-20)17-18-13(11)14(21)19-6-8-23-9-7-19/h4-10H2,1-3H3,(H,17,18). The maximum atomic E-state index is 12.6. The quantitative estimate of drug-likeness (QED) is 0.832. The van der Waals surface area contributed by atoms with Gasteiger partial charge < -0.3 is 19.3 Å². The molecule has 0 radical (unpaired) electrons. The Morgan fingerprint density at radius 3 is 2.54 bits per heavy atom. The molecule has 0 spiro atoms. The second-order valence-electron chi connectivity index (χ2n) is 7.09. The lowest BCUT2D eigenvalue weighted by Gasteiger charge is -2.30. The summed E-state index contributed by atoms with van der Waals surface area (Å²) in [5.74, 6) is -0.0680. The molecular formula is C16H24N4O4. The number of morpholine rings is 1. The first-order chi connectivity index (χ1) is 11.3. The van der Waals surface area contributed by atoms with Crippen LogP contribution in [0.2, 0.25) is 0 Å². The minimum absolute atomic E-state index is 0.0680. The molecule has 0 unspecified atom stereocenters. The normalized spacial score (nSPS) is 18.3. The van der Waals surface area contributed by atoms with Crippen molar-refractivity contribution in [2.75, 3.05) is 32.8 Å². The van der Waals surface area contributed by atoms with Gasteiger partial charge in [0.05, 0.1) is 25.5 Å². The molecule has 8 nitrogen and oxygen atoms in total. The number of hydrogen-bond donors (Lipinski definition) is 1. The summed E-state index contributed by atoms with van der Waals surface area (Å²) < 4.78 is 10.7. The molecule has 1 saturated heterocycles. The molecule has 0 bridgehead atoms. The Balaban J connectivity index is 1.70. The molecule has 0 atom stereocenters. The molecule has 132 valence electrons. The van der Waals surface area contributed by atoms with E-state index in [9.17, 15) is 9.59 Å². The summed E-state index contributed by atoms with van der Waals surface area (Å²) in [5.41, 5.74) is 1.66. The van der Waals surface area contributed by atoms with E-state index >= 15 is 0 Å². The second-order valence-corrected chi connectivity index (χ2v) is 7.09. The smallest absolute Gasteiger partial charge is 0.410 e. The molecule has 8 heteroatoms. The number of nitrogens with zero attached hydrogens (tertiary/aromatic N) is 3. The summed E-state index contributed by atoms with van der Waals surface area (Å²) >= 11 is 0. The van der Waals surface area contributed by atoms with Gasteiger partial charge in [0.15, 0.2) is 5.69 Å². The summed E-state index contributed by atoms with van der Waals surface area (Å²) in [6.45, 7) is 8.73. The van der Waals surface area contributed by atoms with Gasteiger partial charge in [0.1, 0.15) is 5.60 Å². The summed E-state index contributed by atoms with van der Waals surface area (Å²) in [6.07, 6.45) is 0.250. The van der Waals surface area contributed by atoms with Gasteiger partial charge >= 0.3 is 6.09 Å². The Hall–Kier alpha value is -2.09. The van der Waals surface area contributed by atoms with Gasteiger partial charge in [0, 0.05) is 25.2 Å². The van der Waals surface area contributed by atoms with Crippen molar-refractivity contribution in [1.82, 2.24) is 20.0 Å². The molecule has 0 aromatic carbocycles. The molecular weight excluding hydrogens is 312 g/mol. The van der Waals surface area contributed by atoms with Crippen molar-refractivity contribution in [3.8, 4) is 0 Å². The van der Waals surface area contributed by atoms with Gasteiger partial charge in [-0.15, -0.1) is 0 Å². The van der Waals surface area contributed by atoms with Crippen LogP contribution in [0.25, 0.3) is 0 Å². The Bertz CT molecular complexity index is 629. The van der Waals surface area contributed by atoms with E-state index in [0.29, 0.717) is 51.5 Å². The van der Waals surface area contributed by atoms with Crippen LogP contribution in [0.1, 0.15) is 42.5 Å². The molecule has 2 aliphatic heterocycles. The first-order valence-electron chi connectivity index (χ1n) is 8.26. The Labute approximate surface area is 141 Å². The van der Waals surface area contributed by atoms with Gasteiger partial charge in [-0.05, 0) is 27.2 Å². The van der Waals surface area contributed by atoms with Crippen LogP contribution in [0.4, 0.5) is 4.79 Å². The van der Waals surface area contributed by atoms with E-state index in [2.05, 4.69) is 10.2 Å². The first kappa shape index (κ1) is 16.8. The molecule has 1 aromatic rings. The van der Waals surface area contributed by atoms with Crippen LogP contribution in [0.15, 0.2) is 0 Å². The molecule has 24 heavy (non-hydrogen) atoms. The third-order valence-electron chi connectivity index (χ3n) is 4.09. The number of aromatic amines is 1. The van der Waals surface area contributed by atoms with Crippen molar-refractivity contribution >= 4 is 12.0 Å². The fraction of sp³-hybridized carbons (Fsp3) is 0.688. The fourth-order valence-corrected chi connectivity index (χ4v) is 2.89. The maximum absolute atomic E-state index is 12.6. The molecule has 2 amide bonds. The zero-order valence-corrected chi connectivity index (χ0v) is 14.4. The van der Waals surface area contributed by atoms with Crippen molar-refractivity contribution in [1.29, 1.82) is 0 Å². The zero-order valence-electron chi connectivity index (χ0n) is 14.4. The van der Waals surface area contributed by atoms with Crippen LogP contribution < -0.4 is 0 Å². The topological polar surface area (TPSA) is 87.8 Å². The fourth-order valence-electron chi connectivity index (χ4n) is 2.89.